The van der Waals surface area contributed by atoms with Gasteiger partial charge in [-0.3, -0.25) is 0 Å². The van der Waals surface area contributed by atoms with E-state index < -0.39 is 0 Å². The van der Waals surface area contributed by atoms with E-state index in [1.54, 1.807) is 0 Å². The Hall–Kier alpha value is -0.550. The Morgan fingerprint density at radius 2 is 2.25 bits per heavy atom. The number of hydrogen-bond donors (Lipinski definition) is 0. The molecule has 3 unspecified atom stereocenters. The molecule has 1 aliphatic heterocycles. The van der Waals surface area contributed by atoms with Gasteiger partial charge in [-0.05, 0) is 18.8 Å². The summed E-state index contributed by atoms with van der Waals surface area (Å²) in [5.74, 6) is 0.670. The summed E-state index contributed by atoms with van der Waals surface area (Å²) in [6.45, 7) is 6.49. The SMILES string of the molecule is CCC(C)CC1(CC)OC1C#N. The maximum Gasteiger partial charge on any atom is 0.173 e. The molecule has 0 bridgehead atoms. The van der Waals surface area contributed by atoms with Crippen LogP contribution in [0.4, 0.5) is 0 Å². The third-order valence-corrected chi connectivity index (χ3v) is 2.88. The molecule has 1 rings (SSSR count). The van der Waals surface area contributed by atoms with Crippen LogP contribution in [0.5, 0.6) is 0 Å². The first-order chi connectivity index (χ1) is 5.68. The molecule has 1 heterocycles. The van der Waals surface area contributed by atoms with Gasteiger partial charge < -0.3 is 4.74 Å². The predicted molar refractivity (Wildman–Crippen MR) is 47.6 cm³/mol. The molecule has 0 saturated carbocycles. The van der Waals surface area contributed by atoms with Gasteiger partial charge in [0.2, 0.25) is 0 Å². The van der Waals surface area contributed by atoms with E-state index in [1.807, 2.05) is 0 Å². The van der Waals surface area contributed by atoms with Gasteiger partial charge in [-0.1, -0.05) is 27.2 Å². The van der Waals surface area contributed by atoms with Crippen molar-refractivity contribution in [3.8, 4) is 6.07 Å². The van der Waals surface area contributed by atoms with E-state index in [4.69, 9.17) is 10.00 Å². The molecule has 0 amide bonds. The average molecular weight is 167 g/mol. The van der Waals surface area contributed by atoms with Crippen LogP contribution in [0.3, 0.4) is 0 Å². The first kappa shape index (κ1) is 9.54. The first-order valence-electron chi connectivity index (χ1n) is 4.76. The minimum Gasteiger partial charge on any atom is -0.350 e. The molecule has 0 aliphatic carbocycles. The summed E-state index contributed by atoms with van der Waals surface area (Å²) in [7, 11) is 0. The van der Waals surface area contributed by atoms with Crippen molar-refractivity contribution in [1.29, 1.82) is 5.26 Å². The van der Waals surface area contributed by atoms with Crippen LogP contribution in [0.2, 0.25) is 0 Å². The molecule has 1 fully saturated rings. The quantitative estimate of drug-likeness (QED) is 0.603. The molecule has 0 spiro atoms. The molecule has 12 heavy (non-hydrogen) atoms. The van der Waals surface area contributed by atoms with Gasteiger partial charge in [0.25, 0.3) is 0 Å². The lowest BCUT2D eigenvalue weighted by Gasteiger charge is -2.13. The van der Waals surface area contributed by atoms with E-state index >= 15 is 0 Å². The number of ether oxygens (including phenoxy) is 1. The molecule has 1 saturated heterocycles. The van der Waals surface area contributed by atoms with E-state index in [-0.39, 0.29) is 11.7 Å². The molecule has 2 nitrogen and oxygen atoms in total. The summed E-state index contributed by atoms with van der Waals surface area (Å²) in [6, 6.07) is 2.19. The van der Waals surface area contributed by atoms with E-state index in [2.05, 4.69) is 26.8 Å². The van der Waals surface area contributed by atoms with Crippen molar-refractivity contribution in [2.75, 3.05) is 0 Å². The van der Waals surface area contributed by atoms with Crippen molar-refractivity contribution >= 4 is 0 Å². The lowest BCUT2D eigenvalue weighted by Crippen LogP contribution is -2.17. The summed E-state index contributed by atoms with van der Waals surface area (Å²) in [5.41, 5.74) is -0.0792. The first-order valence-corrected chi connectivity index (χ1v) is 4.76. The van der Waals surface area contributed by atoms with Crippen LogP contribution >= 0.6 is 0 Å². The molecule has 0 N–H and O–H groups in total. The Kier molecular flexibility index (Phi) is 2.74. The minimum absolute atomic E-state index is 0.0792. The van der Waals surface area contributed by atoms with Crippen molar-refractivity contribution in [2.24, 2.45) is 5.92 Å². The number of epoxide rings is 1. The maximum atomic E-state index is 8.68. The van der Waals surface area contributed by atoms with Gasteiger partial charge in [0.15, 0.2) is 6.10 Å². The number of nitrogens with zero attached hydrogens (tertiary/aromatic N) is 1. The zero-order valence-electron chi connectivity index (χ0n) is 8.13. The molecular weight excluding hydrogens is 150 g/mol. The molecule has 3 atom stereocenters. The summed E-state index contributed by atoms with van der Waals surface area (Å²) < 4.78 is 5.41. The second-order valence-corrected chi connectivity index (χ2v) is 3.76. The van der Waals surface area contributed by atoms with Crippen LogP contribution in [0.15, 0.2) is 0 Å². The minimum atomic E-state index is -0.128. The van der Waals surface area contributed by atoms with Crippen LogP contribution in [0.25, 0.3) is 0 Å². The largest absolute Gasteiger partial charge is 0.350 e. The predicted octanol–water partition coefficient (Wildman–Crippen LogP) is 2.49. The molecule has 68 valence electrons. The fourth-order valence-electron chi connectivity index (χ4n) is 1.65. The summed E-state index contributed by atoms with van der Waals surface area (Å²) in [5, 5.41) is 8.68. The average Bonchev–Trinajstić information content (AvgIpc) is 2.79. The van der Waals surface area contributed by atoms with Gasteiger partial charge in [-0.2, -0.15) is 5.26 Å². The fraction of sp³-hybridized carbons (Fsp3) is 0.900. The van der Waals surface area contributed by atoms with Gasteiger partial charge >= 0.3 is 0 Å². The third kappa shape index (κ3) is 1.61. The summed E-state index contributed by atoms with van der Waals surface area (Å²) in [6.07, 6.45) is 3.05. The van der Waals surface area contributed by atoms with E-state index in [0.717, 1.165) is 12.8 Å². The van der Waals surface area contributed by atoms with Crippen LogP contribution in [-0.4, -0.2) is 11.7 Å². The maximum absolute atomic E-state index is 8.68. The van der Waals surface area contributed by atoms with Crippen LogP contribution in [0.1, 0.15) is 40.0 Å². The van der Waals surface area contributed by atoms with Crippen molar-refractivity contribution in [3.63, 3.8) is 0 Å². The molecule has 0 aromatic carbocycles. The highest BCUT2D eigenvalue weighted by atomic mass is 16.6. The molecule has 2 heteroatoms. The Balaban J connectivity index is 2.45. The highest BCUT2D eigenvalue weighted by Gasteiger charge is 2.55. The Morgan fingerprint density at radius 3 is 2.58 bits per heavy atom. The third-order valence-electron chi connectivity index (χ3n) is 2.88. The number of hydrogen-bond acceptors (Lipinski definition) is 2. The Morgan fingerprint density at radius 1 is 1.58 bits per heavy atom. The topological polar surface area (TPSA) is 36.3 Å². The highest BCUT2D eigenvalue weighted by molar-refractivity contribution is 5.13. The van der Waals surface area contributed by atoms with Gasteiger partial charge in [0.1, 0.15) is 5.60 Å². The van der Waals surface area contributed by atoms with E-state index in [0.29, 0.717) is 5.92 Å². The zero-order valence-corrected chi connectivity index (χ0v) is 8.13. The van der Waals surface area contributed by atoms with Crippen LogP contribution in [0, 0.1) is 17.2 Å². The number of nitriles is 1. The zero-order chi connectivity index (χ0) is 9.19. The van der Waals surface area contributed by atoms with E-state index in [1.165, 1.54) is 6.42 Å². The van der Waals surface area contributed by atoms with Crippen molar-refractivity contribution in [1.82, 2.24) is 0 Å². The number of rotatable bonds is 4. The van der Waals surface area contributed by atoms with Gasteiger partial charge in [-0.25, -0.2) is 0 Å². The normalized spacial score (nSPS) is 35.7. The summed E-state index contributed by atoms with van der Waals surface area (Å²) >= 11 is 0. The highest BCUT2D eigenvalue weighted by Crippen LogP contribution is 2.44. The second-order valence-electron chi connectivity index (χ2n) is 3.76. The summed E-state index contributed by atoms with van der Waals surface area (Å²) in [4.78, 5) is 0. The van der Waals surface area contributed by atoms with Gasteiger partial charge in [0, 0.05) is 0 Å². The lowest BCUT2D eigenvalue weighted by molar-refractivity contribution is 0.247. The van der Waals surface area contributed by atoms with Crippen molar-refractivity contribution in [3.05, 3.63) is 0 Å². The molecule has 0 aromatic heterocycles. The molecule has 1 aliphatic rings. The monoisotopic (exact) mass is 167 g/mol. The van der Waals surface area contributed by atoms with Crippen molar-refractivity contribution in [2.45, 2.75) is 51.7 Å². The lowest BCUT2D eigenvalue weighted by atomic mass is 9.89. The molecule has 0 radical (unpaired) electrons. The molecule has 0 aromatic rings. The smallest absolute Gasteiger partial charge is 0.173 e. The van der Waals surface area contributed by atoms with E-state index in [9.17, 15) is 0 Å². The van der Waals surface area contributed by atoms with Crippen LogP contribution < -0.4 is 0 Å². The molecular formula is C10H17NO. The van der Waals surface area contributed by atoms with Crippen LogP contribution in [-0.2, 0) is 4.74 Å². The van der Waals surface area contributed by atoms with Gasteiger partial charge in [0.05, 0.1) is 6.07 Å². The Labute approximate surface area is 74.5 Å². The van der Waals surface area contributed by atoms with Gasteiger partial charge in [-0.15, -0.1) is 0 Å². The second kappa shape index (κ2) is 3.45. The van der Waals surface area contributed by atoms with Crippen molar-refractivity contribution < 1.29 is 4.74 Å². The fourth-order valence-corrected chi connectivity index (χ4v) is 1.65. The standard InChI is InChI=1S/C10H17NO/c1-4-8(3)6-10(5-2)9(7-11)12-10/h8-9H,4-6H2,1-3H3. The Bertz CT molecular complexity index is 197.